The molecular formula is C33H34N6S. The smallest absolute Gasteiger partial charge is 0.181 e. The summed E-state index contributed by atoms with van der Waals surface area (Å²) in [6.45, 7) is 22.7. The van der Waals surface area contributed by atoms with E-state index in [-0.39, 0.29) is 5.41 Å². The molecule has 0 unspecified atom stereocenters. The van der Waals surface area contributed by atoms with Gasteiger partial charge in [-0.25, -0.2) is 4.98 Å². The molecule has 0 aliphatic carbocycles. The summed E-state index contributed by atoms with van der Waals surface area (Å²) < 4.78 is 0. The third-order valence-corrected chi connectivity index (χ3v) is 8.11. The number of nitrogens with zero attached hydrogens (tertiary/aromatic N) is 3. The first-order chi connectivity index (χ1) is 19.0. The van der Waals surface area contributed by atoms with Gasteiger partial charge in [-0.05, 0) is 49.8 Å². The van der Waals surface area contributed by atoms with Gasteiger partial charge in [0.05, 0.1) is 23.3 Å². The number of pyridine rings is 2. The van der Waals surface area contributed by atoms with Gasteiger partial charge < -0.3 is 10.3 Å². The van der Waals surface area contributed by atoms with E-state index in [0.29, 0.717) is 5.65 Å². The molecule has 6 nitrogen and oxygen atoms in total. The molecule has 0 fully saturated rings. The summed E-state index contributed by atoms with van der Waals surface area (Å²) in [5.41, 5.74) is 10.5. The van der Waals surface area contributed by atoms with E-state index in [2.05, 4.69) is 114 Å². The summed E-state index contributed by atoms with van der Waals surface area (Å²) in [5.74, 6) is 0. The second kappa shape index (κ2) is 10.6. The van der Waals surface area contributed by atoms with Crippen molar-refractivity contribution in [1.29, 1.82) is 0 Å². The van der Waals surface area contributed by atoms with Crippen molar-refractivity contribution in [3.05, 3.63) is 108 Å². The van der Waals surface area contributed by atoms with E-state index in [1.165, 1.54) is 9.75 Å². The second-order valence-corrected chi connectivity index (χ2v) is 12.1. The van der Waals surface area contributed by atoms with E-state index < -0.39 is 0 Å². The first-order valence-electron chi connectivity index (χ1n) is 13.1. The Balaban J connectivity index is 1.52. The maximum absolute atomic E-state index is 4.64. The van der Waals surface area contributed by atoms with Gasteiger partial charge >= 0.3 is 0 Å². The molecule has 5 rings (SSSR count). The normalized spacial score (nSPS) is 12.1. The number of aryl methyl sites for hydroxylation is 1. The Bertz CT molecular complexity index is 1790. The maximum Gasteiger partial charge on any atom is 0.181 e. The molecule has 0 aliphatic rings. The lowest BCUT2D eigenvalue weighted by Crippen LogP contribution is -2.15. The van der Waals surface area contributed by atoms with Gasteiger partial charge in [0.15, 0.2) is 5.65 Å². The summed E-state index contributed by atoms with van der Waals surface area (Å²) >= 11 is 1.73. The van der Waals surface area contributed by atoms with Crippen LogP contribution in [0.5, 0.6) is 0 Å². The number of rotatable bonds is 8. The molecule has 5 heterocycles. The van der Waals surface area contributed by atoms with Crippen LogP contribution in [-0.2, 0) is 0 Å². The Labute approximate surface area is 239 Å². The molecule has 0 aliphatic heterocycles. The lowest BCUT2D eigenvalue weighted by molar-refractivity contribution is 0.509. The van der Waals surface area contributed by atoms with Gasteiger partial charge in [-0.1, -0.05) is 52.7 Å². The number of thiophene rings is 1. The molecule has 5 aromatic heterocycles. The van der Waals surface area contributed by atoms with Crippen LogP contribution in [0.1, 0.15) is 48.7 Å². The molecular weight excluding hydrogens is 512 g/mol. The Hall–Kier alpha value is -4.49. The molecule has 0 saturated heterocycles. The molecule has 0 atom stereocenters. The second-order valence-electron chi connectivity index (χ2n) is 11.0. The summed E-state index contributed by atoms with van der Waals surface area (Å²) in [6.07, 6.45) is 9.37. The quantitative estimate of drug-likeness (QED) is 0.170. The number of anilines is 1. The molecule has 0 bridgehead atoms. The molecule has 3 N–H and O–H groups in total. The average Bonchev–Trinajstić information content (AvgIpc) is 3.65. The monoisotopic (exact) mass is 546 g/mol. The molecule has 0 amide bonds. The minimum absolute atomic E-state index is 0.0632. The third kappa shape index (κ3) is 5.33. The molecule has 5 aromatic rings. The van der Waals surface area contributed by atoms with Crippen molar-refractivity contribution in [1.82, 2.24) is 25.1 Å². The van der Waals surface area contributed by atoms with Crippen molar-refractivity contribution >= 4 is 39.2 Å². The van der Waals surface area contributed by atoms with E-state index in [1.54, 1.807) is 17.5 Å². The van der Waals surface area contributed by atoms with Gasteiger partial charge in [0.2, 0.25) is 0 Å². The molecule has 0 spiro atoms. The van der Waals surface area contributed by atoms with Crippen LogP contribution < -0.4 is 5.32 Å². The van der Waals surface area contributed by atoms with E-state index in [9.17, 15) is 0 Å². The zero-order valence-electron chi connectivity index (χ0n) is 23.6. The van der Waals surface area contributed by atoms with E-state index in [4.69, 9.17) is 0 Å². The first kappa shape index (κ1) is 27.1. The standard InChI is InChI=1S/C33H34N6S/c1-9-10-25(30-12-11-29(40-30)19(2)3)26-15-28(36-20(26)4)31-27-14-23(17-35-32(27)39-38-31)22-13-24(18-34-16-22)37-21(5)33(6,7)8/h9-18,36-37H,1-2,5H2,3-4,6-8H3,(H,35,38,39)/b25-10+. The molecule has 7 heteroatoms. The number of nitrogens with one attached hydrogen (secondary N) is 3. The highest BCUT2D eigenvalue weighted by molar-refractivity contribution is 7.14. The lowest BCUT2D eigenvalue weighted by Gasteiger charge is -2.23. The Morgan fingerprint density at radius 1 is 1.02 bits per heavy atom. The Morgan fingerprint density at radius 3 is 2.48 bits per heavy atom. The van der Waals surface area contributed by atoms with Crippen LogP contribution in [-0.4, -0.2) is 25.1 Å². The van der Waals surface area contributed by atoms with E-state index in [1.807, 2.05) is 25.4 Å². The van der Waals surface area contributed by atoms with Crippen molar-refractivity contribution < 1.29 is 0 Å². The Kier molecular flexibility index (Phi) is 7.17. The van der Waals surface area contributed by atoms with Gasteiger partial charge in [-0.15, -0.1) is 11.3 Å². The summed E-state index contributed by atoms with van der Waals surface area (Å²) in [7, 11) is 0. The molecule has 40 heavy (non-hydrogen) atoms. The zero-order chi connectivity index (χ0) is 28.6. The minimum atomic E-state index is -0.0632. The highest BCUT2D eigenvalue weighted by Gasteiger charge is 2.18. The lowest BCUT2D eigenvalue weighted by atomic mass is 9.93. The van der Waals surface area contributed by atoms with Gasteiger partial charge in [-0.3, -0.25) is 10.1 Å². The van der Waals surface area contributed by atoms with Gasteiger partial charge in [0.1, 0.15) is 0 Å². The topological polar surface area (TPSA) is 82.3 Å². The summed E-state index contributed by atoms with van der Waals surface area (Å²) in [6, 6.07) is 10.6. The molecule has 0 saturated carbocycles. The van der Waals surface area contributed by atoms with Gasteiger partial charge in [0.25, 0.3) is 0 Å². The Morgan fingerprint density at radius 2 is 1.77 bits per heavy atom. The van der Waals surface area contributed by atoms with Crippen LogP contribution in [0.3, 0.4) is 0 Å². The number of hydrogen-bond donors (Lipinski definition) is 3. The van der Waals surface area contributed by atoms with Crippen LogP contribution in [0.25, 0.3) is 44.7 Å². The number of aromatic amines is 2. The number of hydrogen-bond acceptors (Lipinski definition) is 5. The van der Waals surface area contributed by atoms with E-state index >= 15 is 0 Å². The third-order valence-electron chi connectivity index (χ3n) is 6.83. The predicted molar refractivity (Wildman–Crippen MR) is 170 cm³/mol. The van der Waals surface area contributed by atoms with Crippen LogP contribution in [0.2, 0.25) is 0 Å². The summed E-state index contributed by atoms with van der Waals surface area (Å²) in [5, 5.41) is 12.0. The van der Waals surface area contributed by atoms with Crippen LogP contribution in [0, 0.1) is 12.3 Å². The van der Waals surface area contributed by atoms with Crippen molar-refractivity contribution in [2.75, 3.05) is 5.32 Å². The highest BCUT2D eigenvalue weighted by Crippen LogP contribution is 2.37. The van der Waals surface area contributed by atoms with Crippen molar-refractivity contribution in [2.24, 2.45) is 5.41 Å². The fourth-order valence-corrected chi connectivity index (χ4v) is 5.37. The molecule has 0 aromatic carbocycles. The van der Waals surface area contributed by atoms with Crippen LogP contribution >= 0.6 is 11.3 Å². The van der Waals surface area contributed by atoms with Gasteiger partial charge in [0, 0.05) is 66.6 Å². The SMILES string of the molecule is C=C/C=C(/c1ccc(C(=C)C)s1)c1cc(-c2[nH]nc3ncc(-c4cncc(NC(=C)C(C)(C)C)c4)cc23)[nH]c1C. The molecule has 0 radical (unpaired) electrons. The minimum Gasteiger partial charge on any atom is -0.358 e. The fraction of sp³-hybridized carbons (Fsp3) is 0.182. The van der Waals surface area contributed by atoms with Crippen LogP contribution in [0.4, 0.5) is 5.69 Å². The highest BCUT2D eigenvalue weighted by atomic mass is 32.1. The van der Waals surface area contributed by atoms with Crippen LogP contribution in [0.15, 0.2) is 86.5 Å². The van der Waals surface area contributed by atoms with Crippen molar-refractivity contribution in [2.45, 2.75) is 34.6 Å². The van der Waals surface area contributed by atoms with Crippen molar-refractivity contribution in [3.8, 4) is 22.5 Å². The predicted octanol–water partition coefficient (Wildman–Crippen LogP) is 9.01. The molecule has 202 valence electrons. The largest absolute Gasteiger partial charge is 0.358 e. The number of fused-ring (bicyclic) bond motifs is 1. The zero-order valence-corrected chi connectivity index (χ0v) is 24.5. The average molecular weight is 547 g/mol. The number of allylic oxidation sites excluding steroid dienone is 4. The first-order valence-corrected chi connectivity index (χ1v) is 13.9. The van der Waals surface area contributed by atoms with Crippen molar-refractivity contribution in [3.63, 3.8) is 0 Å². The fourth-order valence-electron chi connectivity index (χ4n) is 4.40. The van der Waals surface area contributed by atoms with Gasteiger partial charge in [-0.2, -0.15) is 5.10 Å². The number of H-pyrrole nitrogens is 2. The summed E-state index contributed by atoms with van der Waals surface area (Å²) in [4.78, 5) is 15.0. The van der Waals surface area contributed by atoms with E-state index in [0.717, 1.165) is 61.7 Å². The number of aromatic nitrogens is 5. The maximum atomic E-state index is 4.64.